The molecule has 2 heterocycles. The summed E-state index contributed by atoms with van der Waals surface area (Å²) < 4.78 is 0. The molecule has 2 aliphatic heterocycles. The molecule has 0 saturated carbocycles. The predicted molar refractivity (Wildman–Crippen MR) is 73.7 cm³/mol. The Morgan fingerprint density at radius 3 is 1.28 bits per heavy atom. The van der Waals surface area contributed by atoms with E-state index < -0.39 is 0 Å². The number of hydrogen-bond acceptors (Lipinski definition) is 2. The van der Waals surface area contributed by atoms with Gasteiger partial charge in [0.1, 0.15) is 0 Å². The lowest BCUT2D eigenvalue weighted by molar-refractivity contribution is 0.926. The molecule has 6 heteroatoms. The number of hydrogen-bond donors (Lipinski definition) is 4. The van der Waals surface area contributed by atoms with Gasteiger partial charge in [0, 0.05) is 24.8 Å². The van der Waals surface area contributed by atoms with Gasteiger partial charge in [0.25, 0.3) is 0 Å². The molecule has 6 nitrogen and oxygen atoms in total. The fraction of sp³-hybridized carbons (Fsp3) is 0.167. The molecule has 0 spiro atoms. The summed E-state index contributed by atoms with van der Waals surface area (Å²) in [6.45, 7) is 1.22. The van der Waals surface area contributed by atoms with Crippen molar-refractivity contribution < 1.29 is 0 Å². The summed E-state index contributed by atoms with van der Waals surface area (Å²) in [6.07, 6.45) is 14.9. The first-order chi connectivity index (χ1) is 8.95. The van der Waals surface area contributed by atoms with Crippen molar-refractivity contribution in [2.45, 2.75) is 0 Å². The van der Waals surface area contributed by atoms with E-state index in [-0.39, 0.29) is 0 Å². The number of nitrogens with one attached hydrogen (secondary N) is 4. The first kappa shape index (κ1) is 12.0. The summed E-state index contributed by atoms with van der Waals surface area (Å²) in [7, 11) is 0. The molecule has 0 aromatic carbocycles. The Morgan fingerprint density at radius 1 is 0.611 bits per heavy atom. The number of rotatable bonds is 3. The highest BCUT2D eigenvalue weighted by Crippen LogP contribution is 1.84. The van der Waals surface area contributed by atoms with E-state index in [2.05, 4.69) is 31.3 Å². The van der Waals surface area contributed by atoms with Crippen molar-refractivity contribution in [1.82, 2.24) is 21.3 Å². The van der Waals surface area contributed by atoms with E-state index in [0.717, 1.165) is 11.9 Å². The zero-order chi connectivity index (χ0) is 12.5. The second kappa shape index (κ2) is 6.95. The van der Waals surface area contributed by atoms with Crippen molar-refractivity contribution in [2.24, 2.45) is 9.98 Å². The van der Waals surface area contributed by atoms with Crippen molar-refractivity contribution in [1.29, 1.82) is 0 Å². The fourth-order valence-corrected chi connectivity index (χ4v) is 1.32. The lowest BCUT2D eigenvalue weighted by Gasteiger charge is -2.05. The summed E-state index contributed by atoms with van der Waals surface area (Å²) in [5, 5.41) is 12.1. The molecule has 0 saturated heterocycles. The maximum absolute atomic E-state index is 4.34. The molecule has 18 heavy (non-hydrogen) atoms. The van der Waals surface area contributed by atoms with Crippen molar-refractivity contribution in [3.63, 3.8) is 0 Å². The summed E-state index contributed by atoms with van der Waals surface area (Å²) in [5.74, 6) is 1.45. The molecule has 0 aliphatic carbocycles. The minimum absolute atomic E-state index is 0.608. The van der Waals surface area contributed by atoms with Crippen LogP contribution in [0.1, 0.15) is 0 Å². The average Bonchev–Trinajstić information content (AvgIpc) is 2.79. The molecule has 0 amide bonds. The third kappa shape index (κ3) is 4.17. The van der Waals surface area contributed by atoms with Crippen LogP contribution in [0.4, 0.5) is 0 Å². The zero-order valence-corrected chi connectivity index (χ0v) is 9.93. The number of allylic oxidation sites excluding steroid dienone is 4. The largest absolute Gasteiger partial charge is 0.333 e. The highest BCUT2D eigenvalue weighted by atomic mass is 15.2. The lowest BCUT2D eigenvalue weighted by atomic mass is 10.6. The summed E-state index contributed by atoms with van der Waals surface area (Å²) in [5.41, 5.74) is 0. The Labute approximate surface area is 106 Å². The van der Waals surface area contributed by atoms with Crippen LogP contribution in [0, 0.1) is 0 Å². The third-order valence-corrected chi connectivity index (χ3v) is 2.13. The molecular weight excluding hydrogens is 228 g/mol. The van der Waals surface area contributed by atoms with Crippen LogP contribution >= 0.6 is 0 Å². The van der Waals surface area contributed by atoms with Crippen LogP contribution in [0.25, 0.3) is 0 Å². The molecule has 0 atom stereocenters. The van der Waals surface area contributed by atoms with Crippen LogP contribution < -0.4 is 21.3 Å². The summed E-state index contributed by atoms with van der Waals surface area (Å²) in [4.78, 5) is 8.69. The van der Waals surface area contributed by atoms with Crippen LogP contribution in [-0.4, -0.2) is 25.0 Å². The van der Waals surface area contributed by atoms with Gasteiger partial charge in [-0.2, -0.15) is 0 Å². The Hall–Kier alpha value is -2.50. The molecule has 0 aromatic rings. The van der Waals surface area contributed by atoms with Crippen LogP contribution in [0.5, 0.6) is 0 Å². The predicted octanol–water partition coefficient (Wildman–Crippen LogP) is 0.139. The topological polar surface area (TPSA) is 72.8 Å². The summed E-state index contributed by atoms with van der Waals surface area (Å²) in [6, 6.07) is 0. The highest BCUT2D eigenvalue weighted by Gasteiger charge is 1.95. The van der Waals surface area contributed by atoms with E-state index in [9.17, 15) is 0 Å². The van der Waals surface area contributed by atoms with Gasteiger partial charge in [-0.3, -0.25) is 9.98 Å². The van der Waals surface area contributed by atoms with E-state index in [1.54, 1.807) is 0 Å². The smallest absolute Gasteiger partial charge is 0.199 e. The van der Waals surface area contributed by atoms with E-state index in [1.807, 2.05) is 49.1 Å². The molecule has 0 radical (unpaired) electrons. The van der Waals surface area contributed by atoms with E-state index >= 15 is 0 Å². The van der Waals surface area contributed by atoms with Gasteiger partial charge in [-0.05, 0) is 24.3 Å². The van der Waals surface area contributed by atoms with Gasteiger partial charge < -0.3 is 21.3 Å². The van der Waals surface area contributed by atoms with Crippen molar-refractivity contribution >= 4 is 11.9 Å². The highest BCUT2D eigenvalue weighted by molar-refractivity contribution is 5.83. The van der Waals surface area contributed by atoms with E-state index in [4.69, 9.17) is 0 Å². The van der Waals surface area contributed by atoms with E-state index in [0.29, 0.717) is 13.1 Å². The molecule has 2 rings (SSSR count). The van der Waals surface area contributed by atoms with Crippen LogP contribution in [-0.2, 0) is 0 Å². The molecular formula is C12H16N6. The van der Waals surface area contributed by atoms with Crippen molar-refractivity contribution in [2.75, 3.05) is 13.1 Å². The number of aliphatic imine (C=N–C) groups is 2. The minimum Gasteiger partial charge on any atom is -0.333 e. The van der Waals surface area contributed by atoms with Gasteiger partial charge in [0.05, 0.1) is 13.1 Å². The van der Waals surface area contributed by atoms with Gasteiger partial charge in [0.2, 0.25) is 0 Å². The van der Waals surface area contributed by atoms with E-state index in [1.165, 1.54) is 0 Å². The zero-order valence-electron chi connectivity index (χ0n) is 9.93. The average molecular weight is 244 g/mol. The molecule has 94 valence electrons. The van der Waals surface area contributed by atoms with Gasteiger partial charge in [-0.15, -0.1) is 0 Å². The first-order valence-electron chi connectivity index (χ1n) is 5.73. The number of guanidine groups is 2. The standard InChI is InChI=1S/C12H16N6/c1-2-6-14-11(13-5-1)17-9-10-18-12-15-7-3-4-8-16-12/h1-8H,9-10H2,(H2,13,14,17)(H2,15,16,18). The van der Waals surface area contributed by atoms with Crippen LogP contribution in [0.3, 0.4) is 0 Å². The quantitative estimate of drug-likeness (QED) is 0.533. The maximum atomic E-state index is 4.34. The SMILES string of the molecule is C1=CNC(=NCCN=C2NC=CC=CN2)NC=C1. The van der Waals surface area contributed by atoms with Gasteiger partial charge in [0.15, 0.2) is 11.9 Å². The second-order valence-electron chi connectivity index (χ2n) is 3.47. The normalized spacial score (nSPS) is 16.9. The lowest BCUT2D eigenvalue weighted by Crippen LogP contribution is -2.31. The van der Waals surface area contributed by atoms with Crippen molar-refractivity contribution in [3.8, 4) is 0 Å². The molecule has 0 aromatic heterocycles. The molecule has 0 fully saturated rings. The molecule has 0 bridgehead atoms. The van der Waals surface area contributed by atoms with Gasteiger partial charge in [-0.1, -0.05) is 0 Å². The Kier molecular flexibility index (Phi) is 4.62. The van der Waals surface area contributed by atoms with Gasteiger partial charge >= 0.3 is 0 Å². The maximum Gasteiger partial charge on any atom is 0.199 e. The Bertz CT molecular complexity index is 367. The first-order valence-corrected chi connectivity index (χ1v) is 5.73. The van der Waals surface area contributed by atoms with Gasteiger partial charge in [-0.25, -0.2) is 0 Å². The van der Waals surface area contributed by atoms with Crippen molar-refractivity contribution in [3.05, 3.63) is 49.1 Å². The Morgan fingerprint density at radius 2 is 0.944 bits per heavy atom. The molecule has 0 unspecified atom stereocenters. The van der Waals surface area contributed by atoms with Crippen LogP contribution in [0.15, 0.2) is 59.1 Å². The molecule has 2 aliphatic rings. The molecule has 4 N–H and O–H groups in total. The Balaban J connectivity index is 1.78. The second-order valence-corrected chi connectivity index (χ2v) is 3.47. The third-order valence-electron chi connectivity index (χ3n) is 2.13. The fourth-order valence-electron chi connectivity index (χ4n) is 1.32. The number of nitrogens with zero attached hydrogens (tertiary/aromatic N) is 2. The monoisotopic (exact) mass is 244 g/mol. The minimum atomic E-state index is 0.608. The van der Waals surface area contributed by atoms with Crippen LogP contribution in [0.2, 0.25) is 0 Å². The summed E-state index contributed by atoms with van der Waals surface area (Å²) >= 11 is 0.